The third-order valence-electron chi connectivity index (χ3n) is 7.24. The minimum atomic E-state index is -0.362. The zero-order chi connectivity index (χ0) is 28.2. The number of nitrogens with one attached hydrogen (secondary N) is 3. The number of benzene rings is 1. The number of carbonyl (C=O) groups is 3. The molecule has 2 amide bonds. The topological polar surface area (TPSA) is 116 Å². The van der Waals surface area contributed by atoms with Crippen LogP contribution in [-0.2, 0) is 20.7 Å². The Labute approximate surface area is 229 Å². The number of hydrogen-bond acceptors (Lipinski definition) is 6. The van der Waals surface area contributed by atoms with Crippen LogP contribution in [0, 0.1) is 5.41 Å². The molecule has 0 bridgehead atoms. The number of methoxy groups -OCH3 is 1. The van der Waals surface area contributed by atoms with Crippen LogP contribution in [0.5, 0.6) is 0 Å². The summed E-state index contributed by atoms with van der Waals surface area (Å²) in [5.41, 5.74) is 4.22. The van der Waals surface area contributed by atoms with E-state index < -0.39 is 0 Å². The normalized spacial score (nSPS) is 17.3. The van der Waals surface area contributed by atoms with E-state index >= 15 is 0 Å². The predicted octanol–water partition coefficient (Wildman–Crippen LogP) is 5.19. The third-order valence-corrected chi connectivity index (χ3v) is 7.24. The fourth-order valence-corrected chi connectivity index (χ4v) is 5.14. The number of aromatic amines is 1. The van der Waals surface area contributed by atoms with Gasteiger partial charge in [0, 0.05) is 63.6 Å². The van der Waals surface area contributed by atoms with E-state index in [0.717, 1.165) is 22.6 Å². The lowest BCUT2D eigenvalue weighted by Crippen LogP contribution is -2.36. The van der Waals surface area contributed by atoms with Gasteiger partial charge in [-0.3, -0.25) is 14.4 Å². The second kappa shape index (κ2) is 11.8. The molecule has 2 heterocycles. The van der Waals surface area contributed by atoms with Crippen molar-refractivity contribution in [1.29, 1.82) is 0 Å². The lowest BCUT2D eigenvalue weighted by Gasteiger charge is -2.33. The lowest BCUT2D eigenvalue weighted by molar-refractivity contribution is -0.132. The van der Waals surface area contributed by atoms with E-state index in [9.17, 15) is 14.4 Å². The average Bonchev–Trinajstić information content (AvgIpc) is 3.25. The summed E-state index contributed by atoms with van der Waals surface area (Å²) in [6.45, 7) is 5.96. The number of likely N-dealkylation sites (N-methyl/N-ethyl adjacent to an activating group) is 1. The highest BCUT2D eigenvalue weighted by atomic mass is 16.5. The second-order valence-corrected chi connectivity index (χ2v) is 10.7. The molecule has 2 aromatic heterocycles. The van der Waals surface area contributed by atoms with E-state index in [-0.39, 0.29) is 29.1 Å². The first-order valence-electron chi connectivity index (χ1n) is 13.2. The first-order valence-corrected chi connectivity index (χ1v) is 13.2. The molecule has 206 valence electrons. The van der Waals surface area contributed by atoms with E-state index in [1.807, 2.05) is 43.3 Å². The fraction of sp³-hybridized carbons (Fsp3) is 0.400. The number of Topliss-reactive ketones (excluding diaryl/α,β-unsaturated/α-hetero) is 1. The molecule has 1 aliphatic rings. The maximum Gasteiger partial charge on any atom is 0.222 e. The quantitative estimate of drug-likeness (QED) is 0.332. The molecule has 0 radical (unpaired) electrons. The maximum atomic E-state index is 13.7. The first kappa shape index (κ1) is 28.0. The molecule has 3 N–H and O–H groups in total. The number of fused-ring (bicyclic) bond motifs is 1. The number of rotatable bonds is 10. The smallest absolute Gasteiger partial charge is 0.222 e. The van der Waals surface area contributed by atoms with Crippen molar-refractivity contribution in [2.45, 2.75) is 52.6 Å². The van der Waals surface area contributed by atoms with Crippen molar-refractivity contribution < 1.29 is 19.1 Å². The number of nitrogens with zero attached hydrogens (tertiary/aromatic N) is 2. The highest BCUT2D eigenvalue weighted by Gasteiger charge is 2.39. The monoisotopic (exact) mass is 531 g/mol. The van der Waals surface area contributed by atoms with Gasteiger partial charge in [0.15, 0.2) is 5.78 Å². The Morgan fingerprint density at radius 3 is 2.64 bits per heavy atom. The van der Waals surface area contributed by atoms with Crippen LogP contribution in [0.15, 0.2) is 48.7 Å². The zero-order valence-electron chi connectivity index (χ0n) is 23.3. The van der Waals surface area contributed by atoms with Crippen LogP contribution in [0.3, 0.4) is 0 Å². The highest BCUT2D eigenvalue weighted by Crippen LogP contribution is 2.45. The van der Waals surface area contributed by atoms with Gasteiger partial charge in [0.25, 0.3) is 0 Å². The highest BCUT2D eigenvalue weighted by molar-refractivity contribution is 6.08. The van der Waals surface area contributed by atoms with Crippen molar-refractivity contribution in [3.63, 3.8) is 0 Å². The number of carbonyl (C=O) groups excluding carboxylic acids is 3. The van der Waals surface area contributed by atoms with Gasteiger partial charge in [-0.15, -0.1) is 0 Å². The van der Waals surface area contributed by atoms with E-state index in [0.29, 0.717) is 49.3 Å². The van der Waals surface area contributed by atoms with E-state index in [2.05, 4.69) is 27.5 Å². The number of pyridine rings is 1. The summed E-state index contributed by atoms with van der Waals surface area (Å²) in [5.74, 6) is 0.291. The van der Waals surface area contributed by atoms with Crippen LogP contribution in [-0.4, -0.2) is 59.3 Å². The van der Waals surface area contributed by atoms with E-state index in [1.165, 1.54) is 6.92 Å². The Bertz CT molecular complexity index is 1350. The Kier molecular flexibility index (Phi) is 8.50. The summed E-state index contributed by atoms with van der Waals surface area (Å²) >= 11 is 0. The van der Waals surface area contributed by atoms with Gasteiger partial charge in [-0.05, 0) is 49.4 Å². The number of ether oxygens (including phenoxy) is 1. The third kappa shape index (κ3) is 6.72. The number of ketones is 1. The Morgan fingerprint density at radius 2 is 1.95 bits per heavy atom. The maximum absolute atomic E-state index is 13.7. The number of aromatic nitrogens is 2. The summed E-state index contributed by atoms with van der Waals surface area (Å²) in [5, 5.41) is 6.18. The molecule has 1 aliphatic carbocycles. The van der Waals surface area contributed by atoms with Crippen molar-refractivity contribution in [2.24, 2.45) is 5.41 Å². The van der Waals surface area contributed by atoms with Crippen LogP contribution in [0.4, 0.5) is 17.2 Å². The number of amides is 2. The SMILES string of the molecule is COC(C)CN(C)C(=O)CCC1(C)CC(=O)c2c([nH]c(-c3ccnc(NC(C)=O)c3)c2Nc2ccccc2)C1. The summed E-state index contributed by atoms with van der Waals surface area (Å²) in [7, 11) is 3.42. The molecule has 2 atom stereocenters. The zero-order valence-corrected chi connectivity index (χ0v) is 23.3. The Balaban J connectivity index is 1.64. The van der Waals surface area contributed by atoms with Crippen LogP contribution >= 0.6 is 0 Å². The molecule has 1 aromatic carbocycles. The van der Waals surface area contributed by atoms with Gasteiger partial charge in [0.2, 0.25) is 11.8 Å². The average molecular weight is 532 g/mol. The van der Waals surface area contributed by atoms with Gasteiger partial charge in [0.1, 0.15) is 5.82 Å². The van der Waals surface area contributed by atoms with Crippen molar-refractivity contribution in [3.8, 4) is 11.3 Å². The fourth-order valence-electron chi connectivity index (χ4n) is 5.14. The molecule has 9 heteroatoms. The van der Waals surface area contributed by atoms with Gasteiger partial charge in [-0.1, -0.05) is 25.1 Å². The summed E-state index contributed by atoms with van der Waals surface area (Å²) in [4.78, 5) is 47.5. The lowest BCUT2D eigenvalue weighted by atomic mass is 9.71. The minimum absolute atomic E-state index is 0.0321. The van der Waals surface area contributed by atoms with Crippen LogP contribution in [0.2, 0.25) is 0 Å². The summed E-state index contributed by atoms with van der Waals surface area (Å²) < 4.78 is 5.28. The van der Waals surface area contributed by atoms with Crippen LogP contribution in [0.25, 0.3) is 11.3 Å². The molecule has 0 saturated carbocycles. The first-order chi connectivity index (χ1) is 18.6. The number of H-pyrrole nitrogens is 1. The van der Waals surface area contributed by atoms with Crippen molar-refractivity contribution in [2.75, 3.05) is 31.3 Å². The van der Waals surface area contributed by atoms with E-state index in [1.54, 1.807) is 31.3 Å². The largest absolute Gasteiger partial charge is 0.380 e. The molecule has 9 nitrogen and oxygen atoms in total. The van der Waals surface area contributed by atoms with Gasteiger partial charge in [0.05, 0.1) is 23.0 Å². The summed E-state index contributed by atoms with van der Waals surface area (Å²) in [6, 6.07) is 13.3. The van der Waals surface area contributed by atoms with Gasteiger partial charge >= 0.3 is 0 Å². The molecule has 2 unspecified atom stereocenters. The second-order valence-electron chi connectivity index (χ2n) is 10.7. The van der Waals surface area contributed by atoms with Gasteiger partial charge < -0.3 is 25.3 Å². The number of para-hydroxylation sites is 1. The van der Waals surface area contributed by atoms with Gasteiger partial charge in [-0.2, -0.15) is 0 Å². The molecular formula is C30H37N5O4. The minimum Gasteiger partial charge on any atom is -0.380 e. The number of hydrogen-bond donors (Lipinski definition) is 3. The van der Waals surface area contributed by atoms with Crippen LogP contribution in [0.1, 0.15) is 56.1 Å². The van der Waals surface area contributed by atoms with Crippen molar-refractivity contribution >= 4 is 34.8 Å². The standard InChI is InChI=1S/C30H37N5O4/c1-19(39-5)18-35(4)26(38)11-13-30(3)16-23-27(24(37)17-30)29(33-22-9-7-6-8-10-22)28(34-23)21-12-14-31-25(15-21)32-20(2)36/h6-10,12,14-15,19,33-34H,11,13,16-18H2,1-5H3,(H,31,32,36). The van der Waals surface area contributed by atoms with E-state index in [4.69, 9.17) is 4.74 Å². The molecular weight excluding hydrogens is 494 g/mol. The summed E-state index contributed by atoms with van der Waals surface area (Å²) in [6.07, 6.45) is 3.53. The molecule has 0 saturated heterocycles. The molecule has 3 aromatic rings. The molecule has 0 fully saturated rings. The molecule has 39 heavy (non-hydrogen) atoms. The predicted molar refractivity (Wildman–Crippen MR) is 152 cm³/mol. The van der Waals surface area contributed by atoms with Crippen LogP contribution < -0.4 is 10.6 Å². The molecule has 4 rings (SSSR count). The van der Waals surface area contributed by atoms with Crippen molar-refractivity contribution in [1.82, 2.24) is 14.9 Å². The number of anilines is 3. The van der Waals surface area contributed by atoms with Crippen molar-refractivity contribution in [3.05, 3.63) is 59.9 Å². The Hall–Kier alpha value is -3.98. The molecule has 0 aliphatic heterocycles. The van der Waals surface area contributed by atoms with Gasteiger partial charge in [-0.25, -0.2) is 4.98 Å². The Morgan fingerprint density at radius 1 is 1.21 bits per heavy atom. The molecule has 0 spiro atoms.